The fourth-order valence-corrected chi connectivity index (χ4v) is 3.57. The topological polar surface area (TPSA) is 22.0 Å². The maximum absolute atomic E-state index is 12.2. The third kappa shape index (κ3) is 6.86. The molecule has 0 saturated carbocycles. The molecule has 0 aliphatic rings. The number of benzene rings is 1. The Morgan fingerprint density at radius 2 is 1.70 bits per heavy atom. The van der Waals surface area contributed by atoms with E-state index in [1.165, 1.54) is 25.7 Å². The molecule has 0 radical (unpaired) electrons. The average molecular weight is 366 g/mol. The highest BCUT2D eigenvalue weighted by Crippen LogP contribution is 2.24. The fourth-order valence-electron chi connectivity index (χ4n) is 3.57. The molecule has 0 spiro atoms. The van der Waals surface area contributed by atoms with E-state index in [1.807, 2.05) is 24.4 Å². The molecule has 0 N–H and O–H groups in total. The fraction of sp³-hybridized carbons (Fsp3) is 0.480. The minimum absolute atomic E-state index is 0.116. The summed E-state index contributed by atoms with van der Waals surface area (Å²) in [5, 5.41) is 0.826. The smallest absolute Gasteiger partial charge is 0.189 e. The summed E-state index contributed by atoms with van der Waals surface area (Å²) in [5.74, 6) is 0. The molecule has 1 heterocycles. The van der Waals surface area contributed by atoms with Gasteiger partial charge in [-0.15, -0.1) is 0 Å². The maximum atomic E-state index is 12.2. The summed E-state index contributed by atoms with van der Waals surface area (Å²) in [7, 11) is 0. The SMILES string of the molecule is CCC=CCCC=CCC(CCCCCC)n1ccc(=O)c2ccccc21. The molecule has 27 heavy (non-hydrogen) atoms. The molecule has 1 aromatic carbocycles. The lowest BCUT2D eigenvalue weighted by Gasteiger charge is -2.22. The molecule has 0 aliphatic carbocycles. The van der Waals surface area contributed by atoms with Crippen LogP contribution in [0.15, 0.2) is 65.6 Å². The second-order valence-electron chi connectivity index (χ2n) is 7.27. The zero-order chi connectivity index (χ0) is 19.3. The molecule has 2 rings (SSSR count). The van der Waals surface area contributed by atoms with Gasteiger partial charge in [-0.2, -0.15) is 0 Å². The summed E-state index contributed by atoms with van der Waals surface area (Å²) in [6, 6.07) is 10.1. The van der Waals surface area contributed by atoms with Crippen molar-refractivity contribution in [2.45, 2.75) is 77.7 Å². The van der Waals surface area contributed by atoms with Crippen molar-refractivity contribution in [3.05, 3.63) is 71.1 Å². The molecule has 0 bridgehead atoms. The van der Waals surface area contributed by atoms with E-state index in [1.54, 1.807) is 6.07 Å². The summed E-state index contributed by atoms with van der Waals surface area (Å²) in [5.41, 5.74) is 1.18. The van der Waals surface area contributed by atoms with Crippen molar-refractivity contribution in [3.8, 4) is 0 Å². The summed E-state index contributed by atoms with van der Waals surface area (Å²) >= 11 is 0. The van der Waals surface area contributed by atoms with Crippen molar-refractivity contribution in [2.24, 2.45) is 0 Å². The monoisotopic (exact) mass is 365 g/mol. The Morgan fingerprint density at radius 3 is 2.48 bits per heavy atom. The Morgan fingerprint density at radius 1 is 0.926 bits per heavy atom. The first-order valence-electron chi connectivity index (χ1n) is 10.7. The van der Waals surface area contributed by atoms with E-state index in [-0.39, 0.29) is 5.43 Å². The number of allylic oxidation sites excluding steroid dienone is 4. The van der Waals surface area contributed by atoms with Crippen LogP contribution in [0.5, 0.6) is 0 Å². The number of hydrogen-bond acceptors (Lipinski definition) is 1. The molecular weight excluding hydrogens is 330 g/mol. The van der Waals surface area contributed by atoms with Crippen molar-refractivity contribution in [2.75, 3.05) is 0 Å². The van der Waals surface area contributed by atoms with E-state index in [0.717, 1.165) is 43.0 Å². The van der Waals surface area contributed by atoms with Crippen molar-refractivity contribution in [1.29, 1.82) is 0 Å². The summed E-state index contributed by atoms with van der Waals surface area (Å²) in [6.45, 7) is 4.42. The highest BCUT2D eigenvalue weighted by Gasteiger charge is 2.12. The van der Waals surface area contributed by atoms with Crippen LogP contribution in [0.25, 0.3) is 10.9 Å². The number of rotatable bonds is 12. The lowest BCUT2D eigenvalue weighted by molar-refractivity contribution is 0.452. The third-order valence-electron chi connectivity index (χ3n) is 5.10. The van der Waals surface area contributed by atoms with Crippen LogP contribution in [0.1, 0.15) is 77.7 Å². The van der Waals surface area contributed by atoms with Gasteiger partial charge in [-0.1, -0.05) is 76.0 Å². The quantitative estimate of drug-likeness (QED) is 0.288. The minimum Gasteiger partial charge on any atom is -0.344 e. The van der Waals surface area contributed by atoms with Gasteiger partial charge in [0.2, 0.25) is 0 Å². The van der Waals surface area contributed by atoms with E-state index >= 15 is 0 Å². The van der Waals surface area contributed by atoms with Crippen LogP contribution >= 0.6 is 0 Å². The van der Waals surface area contributed by atoms with E-state index in [0.29, 0.717) is 6.04 Å². The zero-order valence-electron chi connectivity index (χ0n) is 17.1. The van der Waals surface area contributed by atoms with E-state index in [2.05, 4.69) is 48.8 Å². The predicted molar refractivity (Wildman–Crippen MR) is 118 cm³/mol. The number of pyridine rings is 1. The van der Waals surface area contributed by atoms with Crippen LogP contribution in [0, 0.1) is 0 Å². The number of aromatic nitrogens is 1. The lowest BCUT2D eigenvalue weighted by atomic mass is 10.0. The van der Waals surface area contributed by atoms with E-state index in [4.69, 9.17) is 0 Å². The number of nitrogens with zero attached hydrogens (tertiary/aromatic N) is 1. The Balaban J connectivity index is 2.12. The molecule has 1 unspecified atom stereocenters. The van der Waals surface area contributed by atoms with Gasteiger partial charge in [0.05, 0.1) is 5.52 Å². The van der Waals surface area contributed by atoms with Crippen LogP contribution in [0.2, 0.25) is 0 Å². The first kappa shape index (κ1) is 21.2. The van der Waals surface area contributed by atoms with E-state index < -0.39 is 0 Å². The number of fused-ring (bicyclic) bond motifs is 1. The van der Waals surface area contributed by atoms with Gasteiger partial charge >= 0.3 is 0 Å². The average Bonchev–Trinajstić information content (AvgIpc) is 2.70. The Bertz CT molecular complexity index is 784. The molecule has 146 valence electrons. The predicted octanol–water partition coefficient (Wildman–Crippen LogP) is 7.21. The highest BCUT2D eigenvalue weighted by molar-refractivity contribution is 5.78. The number of unbranched alkanes of at least 4 members (excludes halogenated alkanes) is 4. The number of hydrogen-bond donors (Lipinski definition) is 0. The van der Waals surface area contributed by atoms with Gasteiger partial charge in [-0.3, -0.25) is 4.79 Å². The third-order valence-corrected chi connectivity index (χ3v) is 5.10. The molecule has 2 heteroatoms. The highest BCUT2D eigenvalue weighted by atomic mass is 16.1. The first-order valence-corrected chi connectivity index (χ1v) is 10.7. The standard InChI is InChI=1S/C25H35NO/c1-3-5-7-9-10-11-13-17-22(16-12-8-6-4-2)26-21-20-25(27)23-18-14-15-19-24(23)26/h5,7,11,13-15,18-22H,3-4,6,8-10,12,16-17H2,1-2H3. The summed E-state index contributed by atoms with van der Waals surface area (Å²) in [6.07, 6.45) is 21.7. The molecule has 0 aliphatic heterocycles. The van der Waals surface area contributed by atoms with Gasteiger partial charge in [-0.25, -0.2) is 0 Å². The second kappa shape index (κ2) is 12.3. The van der Waals surface area contributed by atoms with Crippen molar-refractivity contribution >= 4 is 10.9 Å². The Kier molecular flexibility index (Phi) is 9.68. The van der Waals surface area contributed by atoms with Crippen molar-refractivity contribution in [1.82, 2.24) is 4.57 Å². The van der Waals surface area contributed by atoms with Gasteiger partial charge in [0.25, 0.3) is 0 Å². The van der Waals surface area contributed by atoms with Gasteiger partial charge < -0.3 is 4.57 Å². The molecule has 2 nitrogen and oxygen atoms in total. The van der Waals surface area contributed by atoms with Crippen LogP contribution in [0.3, 0.4) is 0 Å². The van der Waals surface area contributed by atoms with Gasteiger partial charge in [-0.05, 0) is 44.2 Å². The molecule has 2 aromatic rings. The van der Waals surface area contributed by atoms with E-state index in [9.17, 15) is 4.79 Å². The number of para-hydroxylation sites is 1. The van der Waals surface area contributed by atoms with Crippen LogP contribution < -0.4 is 5.43 Å². The van der Waals surface area contributed by atoms with Gasteiger partial charge in [0, 0.05) is 23.7 Å². The summed E-state index contributed by atoms with van der Waals surface area (Å²) in [4.78, 5) is 12.2. The second-order valence-corrected chi connectivity index (χ2v) is 7.27. The Hall–Kier alpha value is -2.09. The lowest BCUT2D eigenvalue weighted by Crippen LogP contribution is -2.13. The molecular formula is C25H35NO. The molecule has 1 aromatic heterocycles. The van der Waals surface area contributed by atoms with Crippen LogP contribution in [0.4, 0.5) is 0 Å². The zero-order valence-corrected chi connectivity index (χ0v) is 17.1. The van der Waals surface area contributed by atoms with Crippen LogP contribution in [-0.2, 0) is 0 Å². The maximum Gasteiger partial charge on any atom is 0.189 e. The summed E-state index contributed by atoms with van der Waals surface area (Å²) < 4.78 is 2.32. The van der Waals surface area contributed by atoms with Gasteiger partial charge in [0.1, 0.15) is 0 Å². The molecule has 1 atom stereocenters. The van der Waals surface area contributed by atoms with Gasteiger partial charge in [0.15, 0.2) is 5.43 Å². The van der Waals surface area contributed by atoms with Crippen molar-refractivity contribution in [3.63, 3.8) is 0 Å². The minimum atomic E-state index is 0.116. The molecule has 0 saturated heterocycles. The Labute approximate surface area is 164 Å². The first-order chi connectivity index (χ1) is 13.3. The molecule has 0 amide bonds. The molecule has 0 fully saturated rings. The normalized spacial score (nSPS) is 13.1. The van der Waals surface area contributed by atoms with Crippen LogP contribution in [-0.4, -0.2) is 4.57 Å². The van der Waals surface area contributed by atoms with Crippen molar-refractivity contribution < 1.29 is 0 Å². The largest absolute Gasteiger partial charge is 0.344 e.